The van der Waals surface area contributed by atoms with Gasteiger partial charge in [0.25, 0.3) is 11.8 Å². The van der Waals surface area contributed by atoms with Crippen molar-refractivity contribution in [1.82, 2.24) is 9.80 Å². The topological polar surface area (TPSA) is 242 Å². The van der Waals surface area contributed by atoms with Crippen LogP contribution in [0.2, 0.25) is 20.1 Å². The van der Waals surface area contributed by atoms with Gasteiger partial charge in [-0.25, -0.2) is 16.8 Å². The van der Waals surface area contributed by atoms with Crippen molar-refractivity contribution in [2.75, 3.05) is 23.0 Å². The van der Waals surface area contributed by atoms with Gasteiger partial charge in [0.2, 0.25) is 0 Å². The second-order valence-corrected chi connectivity index (χ2v) is 27.4. The molecule has 2 amide bonds. The lowest BCUT2D eigenvalue weighted by Gasteiger charge is -2.48. The van der Waals surface area contributed by atoms with E-state index in [4.69, 9.17) is 55.9 Å². The first-order valence-electron chi connectivity index (χ1n) is 24.7. The Morgan fingerprint density at radius 3 is 1.16 bits per heavy atom. The largest absolute Gasteiger partial charge is 0.481 e. The number of aliphatic carboxylic acids is 2. The maximum Gasteiger partial charge on any atom is 0.306 e. The molecule has 0 bridgehead atoms. The van der Waals surface area contributed by atoms with E-state index < -0.39 is 128 Å². The van der Waals surface area contributed by atoms with Crippen molar-refractivity contribution in [3.05, 3.63) is 139 Å². The molecular formula is C54H62Cl4N2O14S2. The van der Waals surface area contributed by atoms with E-state index in [-0.39, 0.29) is 23.3 Å². The first kappa shape index (κ1) is 59.3. The zero-order valence-electron chi connectivity index (χ0n) is 42.2. The van der Waals surface area contributed by atoms with Crippen molar-refractivity contribution in [3.8, 4) is 0 Å². The molecule has 8 atom stereocenters. The summed E-state index contributed by atoms with van der Waals surface area (Å²) in [6, 6.07) is 24.5. The number of ether oxygens (including phenoxy) is 2. The van der Waals surface area contributed by atoms with Crippen LogP contribution in [-0.2, 0) is 48.3 Å². The number of aliphatic hydroxyl groups is 2. The van der Waals surface area contributed by atoms with Crippen LogP contribution in [0.5, 0.6) is 0 Å². The lowest BCUT2D eigenvalue weighted by atomic mass is 9.89. The minimum Gasteiger partial charge on any atom is -0.481 e. The van der Waals surface area contributed by atoms with E-state index >= 15 is 0 Å². The molecule has 0 spiro atoms. The predicted octanol–water partition coefficient (Wildman–Crippen LogP) is 8.88. The van der Waals surface area contributed by atoms with E-state index in [1.165, 1.54) is 37.5 Å². The van der Waals surface area contributed by atoms with Gasteiger partial charge in [0.1, 0.15) is 24.4 Å². The average molecular weight is 1170 g/mol. The van der Waals surface area contributed by atoms with E-state index in [2.05, 4.69) is 0 Å². The van der Waals surface area contributed by atoms with Crippen molar-refractivity contribution in [1.29, 1.82) is 0 Å². The maximum atomic E-state index is 13.9. The molecule has 22 heteroatoms. The van der Waals surface area contributed by atoms with E-state index in [1.54, 1.807) is 97.1 Å². The van der Waals surface area contributed by atoms with Crippen molar-refractivity contribution in [3.63, 3.8) is 0 Å². The number of sulfone groups is 2. The number of hydrogen-bond donors (Lipinski definition) is 4. The summed E-state index contributed by atoms with van der Waals surface area (Å²) in [5, 5.41) is 41.4. The summed E-state index contributed by atoms with van der Waals surface area (Å²) in [4.78, 5) is 54.3. The van der Waals surface area contributed by atoms with Crippen LogP contribution in [0.1, 0.15) is 113 Å². The molecule has 16 nitrogen and oxygen atoms in total. The normalized spacial score (nSPS) is 23.3. The fourth-order valence-electron chi connectivity index (χ4n) is 10.3. The van der Waals surface area contributed by atoms with Crippen molar-refractivity contribution in [2.45, 2.75) is 126 Å². The summed E-state index contributed by atoms with van der Waals surface area (Å²) < 4.78 is 65.3. The lowest BCUT2D eigenvalue weighted by molar-refractivity contribution is -0.183. The van der Waals surface area contributed by atoms with Gasteiger partial charge in [0, 0.05) is 32.2 Å². The minimum absolute atomic E-state index is 0.0890. The molecule has 0 radical (unpaired) electrons. The number of carboxylic acid groups (broad SMARTS) is 2. The molecule has 4 fully saturated rings. The standard InChI is InChI=1S/2C27H31Cl2NO7S/c2*1-27(2,34)15-38(35,36)14-21(16-6-7-16)30-24(17-8-10-19(28)11-9-17)25(18-4-3-5-20(29)12-18)37-22(26(30)33)13-23(31)32/h2*3-5,8-12,16,21-22,24-25,34H,6-7,13-15H2,1-2H3,(H,31,32)/t21-,22+,24-,25-;21-,22-,24-,25-/m11/s1. The Balaban J connectivity index is 0.000000221. The van der Waals surface area contributed by atoms with Gasteiger partial charge in [-0.2, -0.15) is 0 Å². The number of amides is 2. The fraction of sp³-hybridized carbons (Fsp3) is 0.481. The SMILES string of the molecule is CC(C)(O)CS(=O)(=O)C[C@H](C1CC1)N1C(=O)[C@@H](CC(=O)O)O[C@H](c2cccc(Cl)c2)[C@H]1c1ccc(Cl)cc1.CC(C)(O)CS(=O)(=O)C[C@H](C1CC1)N1C(=O)[C@H](CC(=O)O)O[C@H](c2cccc(Cl)c2)[C@H]1c1ccc(Cl)cc1. The highest BCUT2D eigenvalue weighted by Crippen LogP contribution is 2.50. The van der Waals surface area contributed by atoms with Gasteiger partial charge in [-0.15, -0.1) is 0 Å². The second kappa shape index (κ2) is 23.9. The number of carbonyl (C=O) groups is 4. The second-order valence-electron chi connectivity index (χ2n) is 21.4. The minimum atomic E-state index is -3.80. The van der Waals surface area contributed by atoms with Crippen LogP contribution in [0.3, 0.4) is 0 Å². The van der Waals surface area contributed by atoms with Gasteiger partial charge in [-0.1, -0.05) is 94.9 Å². The summed E-state index contributed by atoms with van der Waals surface area (Å²) in [7, 11) is -7.60. The third-order valence-corrected chi connectivity index (χ3v) is 18.4. The molecule has 0 unspecified atom stereocenters. The number of rotatable bonds is 20. The number of halogens is 4. The van der Waals surface area contributed by atoms with Gasteiger partial charge in [-0.05, 0) is 136 Å². The summed E-state index contributed by atoms with van der Waals surface area (Å²) in [6.07, 6.45) is -2.53. The van der Waals surface area contributed by atoms with Crippen molar-refractivity contribution >= 4 is 89.8 Å². The van der Waals surface area contributed by atoms with Gasteiger partial charge < -0.3 is 39.7 Å². The molecule has 2 heterocycles. The van der Waals surface area contributed by atoms with E-state index in [9.17, 15) is 56.4 Å². The highest BCUT2D eigenvalue weighted by Gasteiger charge is 2.53. The Bertz CT molecular complexity index is 2780. The Morgan fingerprint density at radius 1 is 0.553 bits per heavy atom. The number of benzene rings is 4. The molecule has 76 heavy (non-hydrogen) atoms. The van der Waals surface area contributed by atoms with Crippen LogP contribution in [-0.4, -0.2) is 129 Å². The van der Waals surface area contributed by atoms with E-state index in [1.807, 2.05) is 0 Å². The fourth-order valence-corrected chi connectivity index (χ4v) is 15.2. The van der Waals surface area contributed by atoms with Gasteiger partial charge in [-0.3, -0.25) is 19.2 Å². The zero-order chi connectivity index (χ0) is 55.7. The first-order chi connectivity index (χ1) is 35.5. The molecular weight excluding hydrogens is 1110 g/mol. The zero-order valence-corrected chi connectivity index (χ0v) is 46.8. The third-order valence-electron chi connectivity index (χ3n) is 13.4. The molecule has 2 saturated heterocycles. The van der Waals surface area contributed by atoms with Crippen LogP contribution in [0.15, 0.2) is 97.1 Å². The van der Waals surface area contributed by atoms with Crippen molar-refractivity contribution in [2.24, 2.45) is 11.8 Å². The molecule has 4 aromatic carbocycles. The third kappa shape index (κ3) is 15.9. The van der Waals surface area contributed by atoms with Crippen LogP contribution in [0.4, 0.5) is 0 Å². The Morgan fingerprint density at radius 2 is 0.882 bits per heavy atom. The molecule has 2 saturated carbocycles. The monoisotopic (exact) mass is 1170 g/mol. The molecule has 0 aromatic heterocycles. The molecule has 412 valence electrons. The first-order valence-corrected chi connectivity index (χ1v) is 29.9. The Hall–Kier alpha value is -4.34. The molecule has 4 N–H and O–H groups in total. The summed E-state index contributed by atoms with van der Waals surface area (Å²) >= 11 is 24.9. The van der Waals surface area contributed by atoms with Gasteiger partial charge in [0.15, 0.2) is 19.7 Å². The van der Waals surface area contributed by atoms with Crippen molar-refractivity contribution < 1.29 is 65.9 Å². The van der Waals surface area contributed by atoms with Crippen LogP contribution >= 0.6 is 46.4 Å². The quantitative estimate of drug-likeness (QED) is 0.0646. The average Bonchev–Trinajstić information content (AvgIpc) is 4.24. The van der Waals surface area contributed by atoms with E-state index in [0.717, 1.165) is 25.7 Å². The van der Waals surface area contributed by atoms with Gasteiger partial charge >= 0.3 is 11.9 Å². The Labute approximate surface area is 463 Å². The predicted molar refractivity (Wildman–Crippen MR) is 288 cm³/mol. The molecule has 2 aliphatic carbocycles. The number of nitrogens with zero attached hydrogens (tertiary/aromatic N) is 2. The van der Waals surface area contributed by atoms with Crippen LogP contribution < -0.4 is 0 Å². The number of carbonyl (C=O) groups excluding carboxylic acids is 2. The highest BCUT2D eigenvalue weighted by molar-refractivity contribution is 7.91. The summed E-state index contributed by atoms with van der Waals surface area (Å²) in [5.74, 6) is -5.43. The van der Waals surface area contributed by atoms with Gasteiger partial charge in [0.05, 0.1) is 59.1 Å². The molecule has 4 aliphatic rings. The highest BCUT2D eigenvalue weighted by atomic mass is 35.5. The van der Waals surface area contributed by atoms with E-state index in [0.29, 0.717) is 42.3 Å². The summed E-state index contributed by atoms with van der Waals surface area (Å²) in [6.45, 7) is 5.69. The smallest absolute Gasteiger partial charge is 0.306 e. The Kier molecular flexibility index (Phi) is 18.7. The molecule has 2 aliphatic heterocycles. The van der Waals surface area contributed by atoms with Crippen LogP contribution in [0, 0.1) is 11.8 Å². The summed E-state index contributed by atoms with van der Waals surface area (Å²) in [5.41, 5.74) is -0.336. The maximum absolute atomic E-state index is 13.9. The number of hydrogen-bond acceptors (Lipinski definition) is 12. The number of carboxylic acids is 2. The van der Waals surface area contributed by atoms with Crippen LogP contribution in [0.25, 0.3) is 0 Å². The molecule has 8 rings (SSSR count). The number of morpholine rings is 2. The lowest BCUT2D eigenvalue weighted by Crippen LogP contribution is -2.57. The molecule has 4 aromatic rings.